The number of primary amides is 1. The summed E-state index contributed by atoms with van der Waals surface area (Å²) in [5, 5.41) is 10.2. The second-order valence-electron chi connectivity index (χ2n) is 5.52. The van der Waals surface area contributed by atoms with Crippen molar-refractivity contribution in [2.75, 3.05) is 6.61 Å². The Bertz CT molecular complexity index is 506. The van der Waals surface area contributed by atoms with E-state index in [0.29, 0.717) is 6.61 Å². The predicted molar refractivity (Wildman–Crippen MR) is 73.0 cm³/mol. The first-order chi connectivity index (χ1) is 10.1. The molecule has 2 heterocycles. The third-order valence-electron chi connectivity index (χ3n) is 4.10. The highest BCUT2D eigenvalue weighted by molar-refractivity contribution is 5.79. The van der Waals surface area contributed by atoms with Crippen LogP contribution in [0.4, 0.5) is 0 Å². The first-order valence-electron chi connectivity index (χ1n) is 7.03. The van der Waals surface area contributed by atoms with Gasteiger partial charge in [-0.3, -0.25) is 4.79 Å². The van der Waals surface area contributed by atoms with Gasteiger partial charge >= 0.3 is 0 Å². The fourth-order valence-electron chi connectivity index (χ4n) is 2.89. The second kappa shape index (κ2) is 5.73. The monoisotopic (exact) mass is 293 g/mol. The van der Waals surface area contributed by atoms with Crippen LogP contribution in [-0.4, -0.2) is 42.0 Å². The van der Waals surface area contributed by atoms with Gasteiger partial charge in [0.2, 0.25) is 5.91 Å². The van der Waals surface area contributed by atoms with E-state index < -0.39 is 30.5 Å². The van der Waals surface area contributed by atoms with Gasteiger partial charge in [-0.05, 0) is 0 Å². The number of fused-ring (bicyclic) bond motifs is 1. The summed E-state index contributed by atoms with van der Waals surface area (Å²) in [5.74, 6) is -0.936. The molecule has 1 aromatic carbocycles. The maximum absolute atomic E-state index is 11.3. The molecule has 6 nitrogen and oxygen atoms in total. The van der Waals surface area contributed by atoms with Crippen LogP contribution in [0.3, 0.4) is 0 Å². The van der Waals surface area contributed by atoms with Crippen LogP contribution in [0.5, 0.6) is 0 Å². The van der Waals surface area contributed by atoms with E-state index in [2.05, 4.69) is 0 Å². The standard InChI is InChI=1S/C15H19NO5/c1-8-11(17)13(14(16)18)20-10-7-19-15(21-12(8)10)9-5-3-2-4-6-9/h2-6,8,10-13,15,17H,7H2,1H3,(H2,16,18)/t8-,10-,11-,12-,13-,15?/m1/s1. The van der Waals surface area contributed by atoms with E-state index in [1.165, 1.54) is 0 Å². The topological polar surface area (TPSA) is 91.0 Å². The van der Waals surface area contributed by atoms with Gasteiger partial charge < -0.3 is 25.1 Å². The van der Waals surface area contributed by atoms with E-state index in [9.17, 15) is 9.90 Å². The Balaban J connectivity index is 1.76. The Morgan fingerprint density at radius 1 is 1.29 bits per heavy atom. The molecule has 3 N–H and O–H groups in total. The number of hydrogen-bond donors (Lipinski definition) is 2. The summed E-state index contributed by atoms with van der Waals surface area (Å²) >= 11 is 0. The smallest absolute Gasteiger partial charge is 0.249 e. The van der Waals surface area contributed by atoms with Crippen LogP contribution >= 0.6 is 0 Å². The zero-order valence-corrected chi connectivity index (χ0v) is 11.7. The van der Waals surface area contributed by atoms with Gasteiger partial charge in [-0.2, -0.15) is 0 Å². The Kier molecular flexibility index (Phi) is 3.95. The fraction of sp³-hybridized carbons (Fsp3) is 0.533. The number of rotatable bonds is 2. The van der Waals surface area contributed by atoms with Crippen LogP contribution in [0.25, 0.3) is 0 Å². The fourth-order valence-corrected chi connectivity index (χ4v) is 2.89. The van der Waals surface area contributed by atoms with Gasteiger partial charge in [0, 0.05) is 11.5 Å². The van der Waals surface area contributed by atoms with E-state index in [0.717, 1.165) is 5.56 Å². The molecule has 2 aliphatic rings. The molecule has 6 atom stereocenters. The molecule has 0 aliphatic carbocycles. The zero-order chi connectivity index (χ0) is 15.0. The quantitative estimate of drug-likeness (QED) is 0.821. The molecule has 6 heteroatoms. The van der Waals surface area contributed by atoms with E-state index in [4.69, 9.17) is 19.9 Å². The SMILES string of the molecule is C[C@@H]1[C@@H](O)[C@H](C(N)=O)O[C@@H]2COC(c3ccccc3)O[C@H]12. The molecule has 0 spiro atoms. The minimum Gasteiger partial charge on any atom is -0.389 e. The molecular formula is C15H19NO5. The van der Waals surface area contributed by atoms with Gasteiger partial charge in [-0.25, -0.2) is 0 Å². The van der Waals surface area contributed by atoms with Crippen molar-refractivity contribution in [2.45, 2.75) is 37.6 Å². The molecule has 1 unspecified atom stereocenters. The summed E-state index contributed by atoms with van der Waals surface area (Å²) in [7, 11) is 0. The van der Waals surface area contributed by atoms with E-state index in [1.54, 1.807) is 0 Å². The maximum atomic E-state index is 11.3. The molecular weight excluding hydrogens is 274 g/mol. The van der Waals surface area contributed by atoms with Gasteiger partial charge in [0.25, 0.3) is 0 Å². The summed E-state index contributed by atoms with van der Waals surface area (Å²) in [6.07, 6.45) is -3.22. The van der Waals surface area contributed by atoms with Crippen molar-refractivity contribution >= 4 is 5.91 Å². The molecule has 2 aliphatic heterocycles. The number of aliphatic hydroxyl groups excluding tert-OH is 1. The Morgan fingerprint density at radius 2 is 2.00 bits per heavy atom. The molecule has 21 heavy (non-hydrogen) atoms. The minimum absolute atomic E-state index is 0.267. The van der Waals surface area contributed by atoms with Crippen molar-refractivity contribution in [3.8, 4) is 0 Å². The van der Waals surface area contributed by atoms with Gasteiger partial charge in [-0.1, -0.05) is 37.3 Å². The van der Waals surface area contributed by atoms with Gasteiger partial charge in [-0.15, -0.1) is 0 Å². The molecule has 2 saturated heterocycles. The molecule has 0 bridgehead atoms. The van der Waals surface area contributed by atoms with Crippen molar-refractivity contribution in [2.24, 2.45) is 11.7 Å². The van der Waals surface area contributed by atoms with E-state index in [1.807, 2.05) is 37.3 Å². The van der Waals surface area contributed by atoms with Crippen molar-refractivity contribution < 1.29 is 24.1 Å². The van der Waals surface area contributed by atoms with Crippen LogP contribution in [0.1, 0.15) is 18.8 Å². The maximum Gasteiger partial charge on any atom is 0.249 e. The highest BCUT2D eigenvalue weighted by atomic mass is 16.7. The lowest BCUT2D eigenvalue weighted by atomic mass is 9.86. The normalized spacial score (nSPS) is 39.5. The number of carbonyl (C=O) groups is 1. The summed E-state index contributed by atoms with van der Waals surface area (Å²) in [5.41, 5.74) is 6.17. The van der Waals surface area contributed by atoms with Gasteiger partial charge in [0.15, 0.2) is 12.4 Å². The van der Waals surface area contributed by atoms with Crippen LogP contribution in [0, 0.1) is 5.92 Å². The first kappa shape index (κ1) is 14.5. The van der Waals surface area contributed by atoms with Crippen LogP contribution in [-0.2, 0) is 19.0 Å². The molecule has 114 valence electrons. The van der Waals surface area contributed by atoms with E-state index in [-0.39, 0.29) is 12.0 Å². The average molecular weight is 293 g/mol. The highest BCUT2D eigenvalue weighted by Crippen LogP contribution is 2.36. The lowest BCUT2D eigenvalue weighted by molar-refractivity contribution is -0.313. The molecule has 1 amide bonds. The van der Waals surface area contributed by atoms with Crippen LogP contribution in [0.15, 0.2) is 30.3 Å². The number of benzene rings is 1. The number of ether oxygens (including phenoxy) is 3. The molecule has 1 aromatic rings. The Morgan fingerprint density at radius 3 is 2.67 bits per heavy atom. The number of carbonyl (C=O) groups excluding carboxylic acids is 1. The highest BCUT2D eigenvalue weighted by Gasteiger charge is 2.48. The Labute approximate surface area is 122 Å². The van der Waals surface area contributed by atoms with Crippen molar-refractivity contribution in [1.29, 1.82) is 0 Å². The number of hydrogen-bond acceptors (Lipinski definition) is 5. The lowest BCUT2D eigenvalue weighted by Gasteiger charge is -2.46. The van der Waals surface area contributed by atoms with Crippen molar-refractivity contribution in [1.82, 2.24) is 0 Å². The number of nitrogens with two attached hydrogens (primary N) is 1. The second-order valence-corrected chi connectivity index (χ2v) is 5.52. The predicted octanol–water partition coefficient (Wildman–Crippen LogP) is 0.350. The summed E-state index contributed by atoms with van der Waals surface area (Å²) in [6, 6.07) is 9.58. The summed E-state index contributed by atoms with van der Waals surface area (Å²) in [6.45, 7) is 2.12. The summed E-state index contributed by atoms with van der Waals surface area (Å²) in [4.78, 5) is 11.3. The molecule has 0 aromatic heterocycles. The van der Waals surface area contributed by atoms with Gasteiger partial charge in [0.1, 0.15) is 6.10 Å². The number of amides is 1. The first-order valence-corrected chi connectivity index (χ1v) is 7.03. The Hall–Kier alpha value is -1.47. The van der Waals surface area contributed by atoms with Gasteiger partial charge in [0.05, 0.1) is 18.8 Å². The average Bonchev–Trinajstić information content (AvgIpc) is 2.51. The molecule has 0 saturated carbocycles. The van der Waals surface area contributed by atoms with E-state index >= 15 is 0 Å². The minimum atomic E-state index is -1.01. The largest absolute Gasteiger partial charge is 0.389 e. The summed E-state index contributed by atoms with van der Waals surface area (Å²) < 4.78 is 17.1. The molecule has 0 radical (unpaired) electrons. The van der Waals surface area contributed by atoms with Crippen molar-refractivity contribution in [3.63, 3.8) is 0 Å². The van der Waals surface area contributed by atoms with Crippen molar-refractivity contribution in [3.05, 3.63) is 35.9 Å². The van der Waals surface area contributed by atoms with Crippen LogP contribution in [0.2, 0.25) is 0 Å². The third-order valence-corrected chi connectivity index (χ3v) is 4.10. The number of aliphatic hydroxyl groups is 1. The molecule has 3 rings (SSSR count). The lowest BCUT2D eigenvalue weighted by Crippen LogP contribution is -2.60. The molecule has 2 fully saturated rings. The third kappa shape index (κ3) is 2.67. The zero-order valence-electron chi connectivity index (χ0n) is 11.7. The van der Waals surface area contributed by atoms with Crippen LogP contribution < -0.4 is 5.73 Å².